The van der Waals surface area contributed by atoms with Gasteiger partial charge in [-0.25, -0.2) is 0 Å². The molecule has 1 unspecified atom stereocenters. The summed E-state index contributed by atoms with van der Waals surface area (Å²) in [4.78, 5) is 26.0. The van der Waals surface area contributed by atoms with E-state index < -0.39 is 5.41 Å². The Morgan fingerprint density at radius 1 is 1.35 bits per heavy atom. The molecule has 20 heavy (non-hydrogen) atoms. The standard InChI is InChI=1S/C15H19ClN2O2/c1-15(14(20)17-2)7-8-18(10-15)9-13(19)11-3-5-12(16)6-4-11/h3-6H,7-10H2,1-2H3,(H,17,20). The van der Waals surface area contributed by atoms with Crippen LogP contribution >= 0.6 is 11.6 Å². The maximum absolute atomic E-state index is 12.2. The minimum absolute atomic E-state index is 0.0407. The van der Waals surface area contributed by atoms with Gasteiger partial charge in [0.1, 0.15) is 0 Å². The number of hydrogen-bond acceptors (Lipinski definition) is 3. The molecule has 4 nitrogen and oxygen atoms in total. The van der Waals surface area contributed by atoms with Gasteiger partial charge < -0.3 is 5.32 Å². The Morgan fingerprint density at radius 2 is 2.00 bits per heavy atom. The number of benzene rings is 1. The van der Waals surface area contributed by atoms with Gasteiger partial charge >= 0.3 is 0 Å². The summed E-state index contributed by atoms with van der Waals surface area (Å²) in [6.07, 6.45) is 0.778. The van der Waals surface area contributed by atoms with Crippen LogP contribution in [0.4, 0.5) is 0 Å². The fourth-order valence-corrected chi connectivity index (χ4v) is 2.73. The van der Waals surface area contributed by atoms with Crippen molar-refractivity contribution in [1.29, 1.82) is 0 Å². The van der Waals surface area contributed by atoms with Crippen LogP contribution in [-0.2, 0) is 4.79 Å². The molecule has 1 aromatic rings. The number of rotatable bonds is 4. The highest BCUT2D eigenvalue weighted by atomic mass is 35.5. The van der Waals surface area contributed by atoms with Gasteiger partial charge in [0.25, 0.3) is 0 Å². The van der Waals surface area contributed by atoms with Crippen LogP contribution < -0.4 is 5.32 Å². The highest BCUT2D eigenvalue weighted by Gasteiger charge is 2.40. The van der Waals surface area contributed by atoms with Crippen LogP contribution in [0.2, 0.25) is 5.02 Å². The van der Waals surface area contributed by atoms with E-state index in [1.807, 2.05) is 11.8 Å². The van der Waals surface area contributed by atoms with Gasteiger partial charge in [-0.3, -0.25) is 14.5 Å². The second-order valence-electron chi connectivity index (χ2n) is 5.53. The molecule has 0 spiro atoms. The molecular formula is C15H19ClN2O2. The fourth-order valence-electron chi connectivity index (χ4n) is 2.61. The summed E-state index contributed by atoms with van der Waals surface area (Å²) in [5.41, 5.74) is 0.262. The van der Waals surface area contributed by atoms with E-state index in [9.17, 15) is 9.59 Å². The van der Waals surface area contributed by atoms with E-state index in [1.165, 1.54) is 0 Å². The molecule has 1 amide bonds. The first-order chi connectivity index (χ1) is 9.44. The normalized spacial score (nSPS) is 22.8. The third-order valence-corrected chi connectivity index (χ3v) is 4.11. The molecule has 1 fully saturated rings. The van der Waals surface area contributed by atoms with Gasteiger partial charge in [-0.05, 0) is 44.2 Å². The lowest BCUT2D eigenvalue weighted by atomic mass is 9.89. The Bertz CT molecular complexity index is 515. The molecule has 2 rings (SSSR count). The summed E-state index contributed by atoms with van der Waals surface area (Å²) in [5.74, 6) is 0.0989. The molecule has 0 saturated carbocycles. The zero-order valence-corrected chi connectivity index (χ0v) is 12.5. The molecule has 1 atom stereocenters. The van der Waals surface area contributed by atoms with Crippen molar-refractivity contribution in [3.05, 3.63) is 34.9 Å². The average molecular weight is 295 g/mol. The number of ketones is 1. The Labute approximate surface area is 124 Å². The van der Waals surface area contributed by atoms with E-state index in [2.05, 4.69) is 5.32 Å². The first kappa shape index (κ1) is 15.0. The molecule has 108 valence electrons. The predicted molar refractivity (Wildman–Crippen MR) is 79.0 cm³/mol. The summed E-state index contributed by atoms with van der Waals surface area (Å²) in [7, 11) is 1.65. The smallest absolute Gasteiger partial charge is 0.227 e. The van der Waals surface area contributed by atoms with E-state index in [4.69, 9.17) is 11.6 Å². The molecular weight excluding hydrogens is 276 g/mol. The molecule has 0 aromatic heterocycles. The van der Waals surface area contributed by atoms with E-state index >= 15 is 0 Å². The van der Waals surface area contributed by atoms with Gasteiger partial charge in [0.2, 0.25) is 5.91 Å². The third-order valence-electron chi connectivity index (χ3n) is 3.86. The maximum atomic E-state index is 12.2. The highest BCUT2D eigenvalue weighted by Crippen LogP contribution is 2.30. The lowest BCUT2D eigenvalue weighted by Crippen LogP contribution is -2.40. The average Bonchev–Trinajstić information content (AvgIpc) is 2.81. The molecule has 1 saturated heterocycles. The van der Waals surface area contributed by atoms with Gasteiger partial charge in [-0.1, -0.05) is 11.6 Å². The Morgan fingerprint density at radius 3 is 2.60 bits per heavy atom. The minimum Gasteiger partial charge on any atom is -0.359 e. The van der Waals surface area contributed by atoms with Crippen molar-refractivity contribution in [2.45, 2.75) is 13.3 Å². The van der Waals surface area contributed by atoms with Gasteiger partial charge in [0, 0.05) is 24.2 Å². The van der Waals surface area contributed by atoms with Crippen molar-refractivity contribution < 1.29 is 9.59 Å². The number of halogens is 1. The summed E-state index contributed by atoms with van der Waals surface area (Å²) in [6, 6.07) is 6.90. The minimum atomic E-state index is -0.394. The molecule has 1 aliphatic heterocycles. The van der Waals surface area contributed by atoms with Gasteiger partial charge in [0.05, 0.1) is 12.0 Å². The topological polar surface area (TPSA) is 49.4 Å². The molecule has 1 aliphatic rings. The molecule has 0 radical (unpaired) electrons. The molecule has 0 aliphatic carbocycles. The molecule has 0 bridgehead atoms. The van der Waals surface area contributed by atoms with Crippen LogP contribution in [-0.4, -0.2) is 43.3 Å². The number of carbonyl (C=O) groups excluding carboxylic acids is 2. The monoisotopic (exact) mass is 294 g/mol. The van der Waals surface area contributed by atoms with E-state index in [0.717, 1.165) is 13.0 Å². The Hall–Kier alpha value is -1.39. The van der Waals surface area contributed by atoms with E-state index in [1.54, 1.807) is 31.3 Å². The van der Waals surface area contributed by atoms with Crippen molar-refractivity contribution in [3.63, 3.8) is 0 Å². The largest absolute Gasteiger partial charge is 0.359 e. The van der Waals surface area contributed by atoms with Crippen LogP contribution in [0.5, 0.6) is 0 Å². The third kappa shape index (κ3) is 3.19. The van der Waals surface area contributed by atoms with Crippen molar-refractivity contribution in [2.24, 2.45) is 5.41 Å². The highest BCUT2D eigenvalue weighted by molar-refractivity contribution is 6.30. The van der Waals surface area contributed by atoms with Crippen molar-refractivity contribution in [2.75, 3.05) is 26.7 Å². The van der Waals surface area contributed by atoms with E-state index in [0.29, 0.717) is 23.7 Å². The van der Waals surface area contributed by atoms with Crippen molar-refractivity contribution in [1.82, 2.24) is 10.2 Å². The number of Topliss-reactive ketones (excluding diaryl/α,β-unsaturated/α-hetero) is 1. The number of nitrogens with one attached hydrogen (secondary N) is 1. The molecule has 5 heteroatoms. The van der Waals surface area contributed by atoms with Crippen LogP contribution in [0, 0.1) is 5.41 Å². The van der Waals surface area contributed by atoms with Gasteiger partial charge in [-0.15, -0.1) is 0 Å². The zero-order valence-electron chi connectivity index (χ0n) is 11.8. The molecule has 1 N–H and O–H groups in total. The van der Waals surface area contributed by atoms with Crippen LogP contribution in [0.1, 0.15) is 23.7 Å². The number of amides is 1. The summed E-state index contributed by atoms with van der Waals surface area (Å²) in [6.45, 7) is 3.67. The quantitative estimate of drug-likeness (QED) is 0.864. The molecule has 1 heterocycles. The van der Waals surface area contributed by atoms with Crippen LogP contribution in [0.25, 0.3) is 0 Å². The number of likely N-dealkylation sites (tertiary alicyclic amines) is 1. The zero-order chi connectivity index (χ0) is 14.8. The predicted octanol–water partition coefficient (Wildman–Crippen LogP) is 1.98. The Balaban J connectivity index is 1.97. The van der Waals surface area contributed by atoms with Crippen molar-refractivity contribution in [3.8, 4) is 0 Å². The lowest BCUT2D eigenvalue weighted by molar-refractivity contribution is -0.129. The van der Waals surface area contributed by atoms with Crippen LogP contribution in [0.3, 0.4) is 0 Å². The van der Waals surface area contributed by atoms with Gasteiger partial charge in [0.15, 0.2) is 5.78 Å². The first-order valence-electron chi connectivity index (χ1n) is 6.68. The fraction of sp³-hybridized carbons (Fsp3) is 0.467. The number of hydrogen-bond donors (Lipinski definition) is 1. The molecule has 1 aromatic carbocycles. The van der Waals surface area contributed by atoms with Crippen LogP contribution in [0.15, 0.2) is 24.3 Å². The Kier molecular flexibility index (Phi) is 4.45. The first-order valence-corrected chi connectivity index (χ1v) is 7.06. The number of carbonyl (C=O) groups is 2. The second kappa shape index (κ2) is 5.94. The second-order valence-corrected chi connectivity index (χ2v) is 5.97. The maximum Gasteiger partial charge on any atom is 0.227 e. The summed E-state index contributed by atoms with van der Waals surface area (Å²) >= 11 is 5.81. The van der Waals surface area contributed by atoms with Gasteiger partial charge in [-0.2, -0.15) is 0 Å². The van der Waals surface area contributed by atoms with Crippen molar-refractivity contribution >= 4 is 23.3 Å². The summed E-state index contributed by atoms with van der Waals surface area (Å²) < 4.78 is 0. The SMILES string of the molecule is CNC(=O)C1(C)CCN(CC(=O)c2ccc(Cl)cc2)C1. The summed E-state index contributed by atoms with van der Waals surface area (Å²) in [5, 5.41) is 3.31. The number of nitrogens with zero attached hydrogens (tertiary/aromatic N) is 1. The van der Waals surface area contributed by atoms with E-state index in [-0.39, 0.29) is 11.7 Å². The lowest BCUT2D eigenvalue weighted by Gasteiger charge is -2.22.